The summed E-state index contributed by atoms with van der Waals surface area (Å²) in [5.41, 5.74) is -1.41. The van der Waals surface area contributed by atoms with Crippen molar-refractivity contribution in [2.24, 2.45) is 0 Å². The van der Waals surface area contributed by atoms with Gasteiger partial charge >= 0.3 is 5.69 Å². The number of sulfone groups is 1. The Morgan fingerprint density at radius 2 is 1.85 bits per heavy atom. The predicted octanol–water partition coefficient (Wildman–Crippen LogP) is 3.06. The van der Waals surface area contributed by atoms with E-state index in [1.165, 1.54) is 43.5 Å². The number of carbonyl (C=O) groups excluding carboxylic acids is 1. The normalized spacial score (nSPS) is 15.8. The van der Waals surface area contributed by atoms with Gasteiger partial charge in [-0.1, -0.05) is 18.7 Å². The fraction of sp³-hybridized carbons (Fsp3) is 0.250. The summed E-state index contributed by atoms with van der Waals surface area (Å²) in [7, 11) is -3.87. The van der Waals surface area contributed by atoms with Crippen molar-refractivity contribution >= 4 is 32.6 Å². The smallest absolute Gasteiger partial charge is 0.350 e. The van der Waals surface area contributed by atoms with Gasteiger partial charge in [-0.3, -0.25) is 9.78 Å². The highest BCUT2D eigenvalue weighted by molar-refractivity contribution is 7.90. The van der Waals surface area contributed by atoms with Crippen LogP contribution in [0.1, 0.15) is 12.6 Å². The molecule has 1 atom stereocenters. The molecule has 4 heterocycles. The SMILES string of the molecule is C=CC(=O)N1CCN(c2nc(=O)n(-c3c(S(C)(=O)=O)ccnc3C)c3nc(-c4ccccc4F)c(F)cc23)[C@@H](C)C1. The zero-order chi connectivity index (χ0) is 29.6. The Kier molecular flexibility index (Phi) is 7.15. The number of pyridine rings is 2. The standard InChI is InChI=1S/C28H26F2N6O4S/c1-5-23(37)34-12-13-35(16(2)15-34)26-19-14-21(30)24(18-8-6-7-9-20(18)29)32-27(19)36(28(38)33-26)25-17(3)31-11-10-22(25)41(4,39)40/h5-11,14,16H,1,12-13,15H2,2-4H3/t16-/m0/s1. The summed E-state index contributed by atoms with van der Waals surface area (Å²) in [5.74, 6) is -1.73. The van der Waals surface area contributed by atoms with Crippen LogP contribution in [0.2, 0.25) is 0 Å². The molecule has 1 amide bonds. The fourth-order valence-electron chi connectivity index (χ4n) is 5.08. The van der Waals surface area contributed by atoms with Gasteiger partial charge in [0.15, 0.2) is 15.5 Å². The minimum absolute atomic E-state index is 0.0860. The number of benzene rings is 1. The van der Waals surface area contributed by atoms with Crippen LogP contribution in [0.4, 0.5) is 14.6 Å². The molecule has 13 heteroatoms. The molecule has 0 N–H and O–H groups in total. The predicted molar refractivity (Wildman–Crippen MR) is 150 cm³/mol. The Hall–Kier alpha value is -4.52. The van der Waals surface area contributed by atoms with E-state index in [9.17, 15) is 22.4 Å². The first kappa shape index (κ1) is 28.0. The molecule has 212 valence electrons. The van der Waals surface area contributed by atoms with Crippen LogP contribution < -0.4 is 10.6 Å². The van der Waals surface area contributed by atoms with Gasteiger partial charge < -0.3 is 9.80 Å². The molecule has 0 saturated carbocycles. The quantitative estimate of drug-likeness (QED) is 0.331. The lowest BCUT2D eigenvalue weighted by atomic mass is 10.1. The molecule has 1 aromatic carbocycles. The summed E-state index contributed by atoms with van der Waals surface area (Å²) in [4.78, 5) is 42.0. The Morgan fingerprint density at radius 1 is 1.12 bits per heavy atom. The van der Waals surface area contributed by atoms with Crippen LogP contribution in [0.25, 0.3) is 28.0 Å². The molecule has 0 radical (unpaired) electrons. The number of amides is 1. The van der Waals surface area contributed by atoms with Crippen molar-refractivity contribution in [1.82, 2.24) is 24.4 Å². The zero-order valence-electron chi connectivity index (χ0n) is 22.5. The summed E-state index contributed by atoms with van der Waals surface area (Å²) < 4.78 is 56.9. The molecule has 0 bridgehead atoms. The Balaban J connectivity index is 1.84. The van der Waals surface area contributed by atoms with E-state index in [1.807, 2.05) is 6.92 Å². The molecule has 41 heavy (non-hydrogen) atoms. The van der Waals surface area contributed by atoms with Crippen LogP contribution in [0.3, 0.4) is 0 Å². The first-order chi connectivity index (χ1) is 19.4. The number of carbonyl (C=O) groups is 1. The van der Waals surface area contributed by atoms with E-state index in [1.54, 1.807) is 9.80 Å². The number of fused-ring (bicyclic) bond motifs is 1. The fourth-order valence-corrected chi connectivity index (χ4v) is 5.97. The molecule has 1 aliphatic rings. The summed E-state index contributed by atoms with van der Waals surface area (Å²) >= 11 is 0. The molecular weight excluding hydrogens is 554 g/mol. The maximum Gasteiger partial charge on any atom is 0.355 e. The largest absolute Gasteiger partial charge is 0.355 e. The third-order valence-corrected chi connectivity index (χ3v) is 8.14. The maximum absolute atomic E-state index is 15.7. The van der Waals surface area contributed by atoms with Crippen LogP contribution >= 0.6 is 0 Å². The summed E-state index contributed by atoms with van der Waals surface area (Å²) in [6, 6.07) is 7.51. The molecular formula is C28H26F2N6O4S. The summed E-state index contributed by atoms with van der Waals surface area (Å²) in [5, 5.41) is 0.0974. The summed E-state index contributed by atoms with van der Waals surface area (Å²) in [6.45, 7) is 7.73. The van der Waals surface area contributed by atoms with Crippen molar-refractivity contribution < 1.29 is 22.0 Å². The van der Waals surface area contributed by atoms with Crippen molar-refractivity contribution in [1.29, 1.82) is 0 Å². The number of rotatable bonds is 5. The number of aryl methyl sites for hydroxylation is 1. The maximum atomic E-state index is 15.7. The van der Waals surface area contributed by atoms with Crippen LogP contribution in [0, 0.1) is 18.6 Å². The van der Waals surface area contributed by atoms with E-state index in [2.05, 4.69) is 21.5 Å². The Bertz CT molecular complexity index is 1890. The van der Waals surface area contributed by atoms with Crippen molar-refractivity contribution in [2.45, 2.75) is 24.8 Å². The van der Waals surface area contributed by atoms with E-state index >= 15 is 4.39 Å². The first-order valence-electron chi connectivity index (χ1n) is 12.6. The molecule has 10 nitrogen and oxygen atoms in total. The van der Waals surface area contributed by atoms with Crippen LogP contribution in [-0.4, -0.2) is 70.7 Å². The highest BCUT2D eigenvalue weighted by Gasteiger charge is 2.31. The minimum atomic E-state index is -3.87. The van der Waals surface area contributed by atoms with Gasteiger partial charge in [-0.15, -0.1) is 0 Å². The zero-order valence-corrected chi connectivity index (χ0v) is 23.3. The molecule has 1 aliphatic heterocycles. The van der Waals surface area contributed by atoms with Crippen molar-refractivity contribution in [3.05, 3.63) is 83.1 Å². The Morgan fingerprint density at radius 3 is 2.51 bits per heavy atom. The second kappa shape index (κ2) is 10.5. The lowest BCUT2D eigenvalue weighted by Crippen LogP contribution is -2.54. The highest BCUT2D eigenvalue weighted by Crippen LogP contribution is 2.33. The lowest BCUT2D eigenvalue weighted by molar-refractivity contribution is -0.126. The van der Waals surface area contributed by atoms with Gasteiger partial charge in [-0.2, -0.15) is 4.98 Å². The minimum Gasteiger partial charge on any atom is -0.350 e. The third kappa shape index (κ3) is 4.97. The first-order valence-corrected chi connectivity index (χ1v) is 14.5. The lowest BCUT2D eigenvalue weighted by Gasteiger charge is -2.40. The van der Waals surface area contributed by atoms with Crippen LogP contribution in [-0.2, 0) is 14.6 Å². The van der Waals surface area contributed by atoms with E-state index in [-0.39, 0.29) is 62.9 Å². The van der Waals surface area contributed by atoms with Gasteiger partial charge in [-0.25, -0.2) is 31.5 Å². The number of hydrogen-bond acceptors (Lipinski definition) is 8. The molecule has 1 fully saturated rings. The van der Waals surface area contributed by atoms with Gasteiger partial charge in [0, 0.05) is 43.7 Å². The van der Waals surface area contributed by atoms with E-state index < -0.39 is 27.2 Å². The Labute approximate surface area is 234 Å². The molecule has 0 unspecified atom stereocenters. The number of aromatic nitrogens is 4. The number of nitrogens with zero attached hydrogens (tertiary/aromatic N) is 6. The van der Waals surface area contributed by atoms with E-state index in [0.717, 1.165) is 23.0 Å². The third-order valence-electron chi connectivity index (χ3n) is 7.01. The molecule has 0 spiro atoms. The van der Waals surface area contributed by atoms with Crippen LogP contribution in [0.15, 0.2) is 64.9 Å². The molecule has 5 rings (SSSR count). The van der Waals surface area contributed by atoms with Crippen molar-refractivity contribution in [3.8, 4) is 16.9 Å². The van der Waals surface area contributed by atoms with E-state index in [4.69, 9.17) is 0 Å². The highest BCUT2D eigenvalue weighted by atomic mass is 32.2. The monoisotopic (exact) mass is 580 g/mol. The average molecular weight is 581 g/mol. The second-order valence-electron chi connectivity index (χ2n) is 9.77. The number of piperazine rings is 1. The van der Waals surface area contributed by atoms with Gasteiger partial charge in [0.1, 0.15) is 23.1 Å². The van der Waals surface area contributed by atoms with Gasteiger partial charge in [0.2, 0.25) is 5.91 Å². The summed E-state index contributed by atoms with van der Waals surface area (Å²) in [6.07, 6.45) is 3.51. The van der Waals surface area contributed by atoms with Gasteiger partial charge in [0.05, 0.1) is 21.7 Å². The number of anilines is 1. The van der Waals surface area contributed by atoms with Gasteiger partial charge in [-0.05, 0) is 44.2 Å². The van der Waals surface area contributed by atoms with Crippen molar-refractivity contribution in [2.75, 3.05) is 30.8 Å². The topological polar surface area (TPSA) is 118 Å². The molecule has 4 aromatic rings. The molecule has 3 aromatic heterocycles. The average Bonchev–Trinajstić information content (AvgIpc) is 2.92. The molecule has 1 saturated heterocycles. The van der Waals surface area contributed by atoms with E-state index in [0.29, 0.717) is 13.1 Å². The number of halogens is 2. The number of hydrogen-bond donors (Lipinski definition) is 0. The van der Waals surface area contributed by atoms with Gasteiger partial charge in [0.25, 0.3) is 0 Å². The molecule has 0 aliphatic carbocycles. The van der Waals surface area contributed by atoms with Crippen LogP contribution in [0.5, 0.6) is 0 Å². The second-order valence-corrected chi connectivity index (χ2v) is 11.8. The van der Waals surface area contributed by atoms with Crippen molar-refractivity contribution in [3.63, 3.8) is 0 Å².